The maximum absolute atomic E-state index is 8.18. The summed E-state index contributed by atoms with van der Waals surface area (Å²) in [6.07, 6.45) is 1.55. The second-order valence-corrected chi connectivity index (χ2v) is 1.31. The summed E-state index contributed by atoms with van der Waals surface area (Å²) in [5.74, 6) is 0. The molecule has 0 atom stereocenters. The van der Waals surface area contributed by atoms with E-state index in [1.807, 2.05) is 0 Å². The topological polar surface area (TPSA) is 23.5 Å². The van der Waals surface area contributed by atoms with Crippen molar-refractivity contribution >= 4 is 12.8 Å². The molecule has 0 aliphatic rings. The Morgan fingerprint density at radius 2 is 2.50 bits per heavy atom. The van der Waals surface area contributed by atoms with E-state index in [0.717, 1.165) is 4.47 Å². The lowest BCUT2D eigenvalue weighted by Crippen LogP contribution is -2.03. The van der Waals surface area contributed by atoms with E-state index in [0.29, 0.717) is 6.54 Å². The van der Waals surface area contributed by atoms with Crippen molar-refractivity contribution in [3.8, 4) is 0 Å². The summed E-state index contributed by atoms with van der Waals surface area (Å²) >= 11 is 3.50. The molecule has 0 radical (unpaired) electrons. The molecule has 1 N–H and O–H groups in total. The fraction of sp³-hybridized carbons (Fsp3) is 0.333. The van der Waals surface area contributed by atoms with E-state index in [1.165, 1.54) is 0 Å². The summed E-state index contributed by atoms with van der Waals surface area (Å²) in [6.45, 7) is 3.74. The Labute approximate surface area is 42.6 Å². The normalized spacial score (nSPS) is 9.17. The van der Waals surface area contributed by atoms with E-state index in [2.05, 4.69) is 19.4 Å². The second kappa shape index (κ2) is 3.21. The summed E-state index contributed by atoms with van der Waals surface area (Å²) in [5, 5.41) is 8.18. The lowest BCUT2D eigenvalue weighted by molar-refractivity contribution is 0.0321. The van der Waals surface area contributed by atoms with Gasteiger partial charge in [0, 0.05) is 0 Å². The SMILES string of the molecule is C=CCN(O)S. The number of hydrogen-bond acceptors (Lipinski definition) is 3. The molecule has 36 valence electrons. The fourth-order valence-electron chi connectivity index (χ4n) is 0.115. The molecule has 0 saturated carbocycles. The van der Waals surface area contributed by atoms with Crippen LogP contribution in [0.25, 0.3) is 0 Å². The molecule has 0 unspecified atom stereocenters. The molecule has 0 aliphatic heterocycles. The molecule has 0 amide bonds. The van der Waals surface area contributed by atoms with Gasteiger partial charge in [-0.2, -0.15) is 0 Å². The molecule has 0 aromatic heterocycles. The van der Waals surface area contributed by atoms with E-state index in [4.69, 9.17) is 5.21 Å². The minimum atomic E-state index is 0.392. The molecular formula is C3H7NOS. The Kier molecular flexibility index (Phi) is 3.21. The molecule has 0 rings (SSSR count). The van der Waals surface area contributed by atoms with Crippen molar-refractivity contribution in [2.45, 2.75) is 0 Å². The van der Waals surface area contributed by atoms with Gasteiger partial charge in [-0.05, 0) is 0 Å². The van der Waals surface area contributed by atoms with Crippen LogP contribution in [0, 0.1) is 0 Å². The lowest BCUT2D eigenvalue weighted by Gasteiger charge is -1.97. The highest BCUT2D eigenvalue weighted by atomic mass is 32.1. The van der Waals surface area contributed by atoms with Crippen molar-refractivity contribution < 1.29 is 5.21 Å². The Morgan fingerprint density at radius 1 is 2.00 bits per heavy atom. The zero-order valence-electron chi connectivity index (χ0n) is 3.33. The van der Waals surface area contributed by atoms with Gasteiger partial charge < -0.3 is 5.21 Å². The zero-order valence-corrected chi connectivity index (χ0v) is 4.23. The molecule has 0 aromatic rings. The summed E-state index contributed by atoms with van der Waals surface area (Å²) in [5.41, 5.74) is 0. The third-order valence-corrected chi connectivity index (χ3v) is 0.456. The molecule has 0 heterocycles. The van der Waals surface area contributed by atoms with Gasteiger partial charge in [0.2, 0.25) is 0 Å². The first kappa shape index (κ1) is 6.01. The number of rotatable bonds is 2. The third-order valence-electron chi connectivity index (χ3n) is 0.292. The molecule has 0 aromatic carbocycles. The minimum Gasteiger partial charge on any atom is -0.303 e. The van der Waals surface area contributed by atoms with Crippen LogP contribution >= 0.6 is 12.8 Å². The molecule has 0 aliphatic carbocycles. The highest BCUT2D eigenvalue weighted by molar-refractivity contribution is 7.77. The molecule has 0 saturated heterocycles. The standard InChI is InChI=1S/C3H7NOS/c1-2-3-4(5)6/h2,5-6H,1,3H2. The van der Waals surface area contributed by atoms with Crippen LogP contribution in [0.5, 0.6) is 0 Å². The van der Waals surface area contributed by atoms with Gasteiger partial charge in [0.15, 0.2) is 0 Å². The zero-order chi connectivity index (χ0) is 4.99. The largest absolute Gasteiger partial charge is 0.303 e. The molecule has 0 fully saturated rings. The number of hydroxylamine groups is 1. The molecule has 0 bridgehead atoms. The number of nitrogens with zero attached hydrogens (tertiary/aromatic N) is 1. The minimum absolute atomic E-state index is 0.392. The average Bonchev–Trinajstić information content (AvgIpc) is 1.35. The second-order valence-electron chi connectivity index (χ2n) is 0.844. The van der Waals surface area contributed by atoms with E-state index in [1.54, 1.807) is 6.08 Å². The van der Waals surface area contributed by atoms with E-state index in [-0.39, 0.29) is 0 Å². The quantitative estimate of drug-likeness (QED) is 0.307. The van der Waals surface area contributed by atoms with Crippen LogP contribution in [0.1, 0.15) is 0 Å². The van der Waals surface area contributed by atoms with E-state index < -0.39 is 0 Å². The average molecular weight is 105 g/mol. The van der Waals surface area contributed by atoms with Crippen LogP contribution in [0.2, 0.25) is 0 Å². The van der Waals surface area contributed by atoms with Gasteiger partial charge in [-0.25, -0.2) is 0 Å². The summed E-state index contributed by atoms with van der Waals surface area (Å²) in [6, 6.07) is 0. The fourth-order valence-corrected chi connectivity index (χ4v) is 0.231. The number of hydrogen-bond donors (Lipinski definition) is 2. The molecule has 3 heteroatoms. The maximum atomic E-state index is 8.18. The maximum Gasteiger partial charge on any atom is 0.0529 e. The first-order valence-electron chi connectivity index (χ1n) is 1.53. The first-order chi connectivity index (χ1) is 2.77. The van der Waals surface area contributed by atoms with Crippen molar-refractivity contribution in [2.75, 3.05) is 6.54 Å². The van der Waals surface area contributed by atoms with Crippen LogP contribution < -0.4 is 0 Å². The monoisotopic (exact) mass is 105 g/mol. The van der Waals surface area contributed by atoms with Crippen molar-refractivity contribution in [2.24, 2.45) is 0 Å². The summed E-state index contributed by atoms with van der Waals surface area (Å²) < 4.78 is 0.757. The van der Waals surface area contributed by atoms with Gasteiger partial charge in [0.25, 0.3) is 0 Å². The van der Waals surface area contributed by atoms with Gasteiger partial charge in [-0.3, -0.25) is 0 Å². The smallest absolute Gasteiger partial charge is 0.0529 e. The summed E-state index contributed by atoms with van der Waals surface area (Å²) in [4.78, 5) is 0. The summed E-state index contributed by atoms with van der Waals surface area (Å²) in [7, 11) is 0. The van der Waals surface area contributed by atoms with Gasteiger partial charge >= 0.3 is 0 Å². The third kappa shape index (κ3) is 4.01. The van der Waals surface area contributed by atoms with Crippen molar-refractivity contribution in [1.82, 2.24) is 4.47 Å². The Hall–Kier alpha value is 0.0100. The predicted octanol–water partition coefficient (Wildman–Crippen LogP) is 0.708. The Balaban J connectivity index is 2.81. The highest BCUT2D eigenvalue weighted by Crippen LogP contribution is 1.81. The molecule has 0 spiro atoms. The number of thiol groups is 1. The predicted molar refractivity (Wildman–Crippen MR) is 27.7 cm³/mol. The van der Waals surface area contributed by atoms with Crippen molar-refractivity contribution in [1.29, 1.82) is 0 Å². The van der Waals surface area contributed by atoms with Crippen molar-refractivity contribution in [3.63, 3.8) is 0 Å². The first-order valence-corrected chi connectivity index (χ1v) is 1.93. The molecule has 2 nitrogen and oxygen atoms in total. The van der Waals surface area contributed by atoms with Crippen LogP contribution in [0.3, 0.4) is 0 Å². The van der Waals surface area contributed by atoms with Gasteiger partial charge in [-0.1, -0.05) is 18.9 Å². The highest BCUT2D eigenvalue weighted by Gasteiger charge is 1.79. The van der Waals surface area contributed by atoms with Gasteiger partial charge in [0.1, 0.15) is 0 Å². The van der Waals surface area contributed by atoms with Crippen LogP contribution in [-0.2, 0) is 0 Å². The Morgan fingerprint density at radius 3 is 2.50 bits per heavy atom. The van der Waals surface area contributed by atoms with Crippen LogP contribution in [0.4, 0.5) is 0 Å². The van der Waals surface area contributed by atoms with Gasteiger partial charge in [-0.15, -0.1) is 11.0 Å². The lowest BCUT2D eigenvalue weighted by atomic mass is 10.7. The Bertz CT molecular complexity index is 46.1. The van der Waals surface area contributed by atoms with Gasteiger partial charge in [0.05, 0.1) is 6.54 Å². The molecular weight excluding hydrogens is 98.1 g/mol. The van der Waals surface area contributed by atoms with Crippen molar-refractivity contribution in [3.05, 3.63) is 12.7 Å². The molecule has 6 heavy (non-hydrogen) atoms. The van der Waals surface area contributed by atoms with E-state index >= 15 is 0 Å². The van der Waals surface area contributed by atoms with Crippen LogP contribution in [0.15, 0.2) is 12.7 Å². The van der Waals surface area contributed by atoms with Crippen LogP contribution in [-0.4, -0.2) is 16.2 Å². The van der Waals surface area contributed by atoms with E-state index in [9.17, 15) is 0 Å².